The highest BCUT2D eigenvalue weighted by atomic mass is 16.2. The summed E-state index contributed by atoms with van der Waals surface area (Å²) in [6, 6.07) is 11.7. The van der Waals surface area contributed by atoms with Crippen LogP contribution < -0.4 is 10.6 Å². The third kappa shape index (κ3) is 3.00. The van der Waals surface area contributed by atoms with Crippen LogP contribution in [0.15, 0.2) is 42.5 Å². The Kier molecular flexibility index (Phi) is 4.10. The lowest BCUT2D eigenvalue weighted by Crippen LogP contribution is -2.32. The molecule has 0 spiro atoms. The van der Waals surface area contributed by atoms with Crippen LogP contribution in [0, 0.1) is 6.92 Å². The van der Waals surface area contributed by atoms with E-state index in [-0.39, 0.29) is 6.42 Å². The molecule has 5 nitrogen and oxygen atoms in total. The Morgan fingerprint density at radius 3 is 2.50 bits per heavy atom. The van der Waals surface area contributed by atoms with E-state index in [1.807, 2.05) is 25.3 Å². The SMILES string of the molecule is Cc1cccc(N(C(N)=O)c2ccc(C[C]=O)cc2)n1. The van der Waals surface area contributed by atoms with Gasteiger partial charge in [-0.25, -0.2) is 14.7 Å². The summed E-state index contributed by atoms with van der Waals surface area (Å²) in [7, 11) is 0. The second kappa shape index (κ2) is 5.97. The van der Waals surface area contributed by atoms with E-state index in [2.05, 4.69) is 4.98 Å². The molecule has 2 amide bonds. The minimum Gasteiger partial charge on any atom is -0.351 e. The Hall–Kier alpha value is -2.69. The molecule has 20 heavy (non-hydrogen) atoms. The summed E-state index contributed by atoms with van der Waals surface area (Å²) in [6.07, 6.45) is 2.05. The predicted octanol–water partition coefficient (Wildman–Crippen LogP) is 2.26. The van der Waals surface area contributed by atoms with Crippen LogP contribution in [0.4, 0.5) is 16.3 Å². The summed E-state index contributed by atoms with van der Waals surface area (Å²) in [5.74, 6) is 0.465. The van der Waals surface area contributed by atoms with E-state index in [0.29, 0.717) is 11.5 Å². The van der Waals surface area contributed by atoms with Gasteiger partial charge >= 0.3 is 6.03 Å². The van der Waals surface area contributed by atoms with Crippen LogP contribution in [-0.4, -0.2) is 17.3 Å². The number of aryl methyl sites for hydroxylation is 1. The van der Waals surface area contributed by atoms with Gasteiger partial charge in [0.1, 0.15) is 5.82 Å². The summed E-state index contributed by atoms with van der Waals surface area (Å²) in [6.45, 7) is 1.84. The summed E-state index contributed by atoms with van der Waals surface area (Å²) < 4.78 is 0. The molecule has 2 rings (SSSR count). The molecule has 5 heteroatoms. The zero-order valence-corrected chi connectivity index (χ0v) is 11.0. The van der Waals surface area contributed by atoms with Crippen molar-refractivity contribution in [2.45, 2.75) is 13.3 Å². The Morgan fingerprint density at radius 2 is 1.95 bits per heavy atom. The second-order valence-corrected chi connectivity index (χ2v) is 4.30. The van der Waals surface area contributed by atoms with Gasteiger partial charge in [0.25, 0.3) is 0 Å². The number of benzene rings is 1. The Morgan fingerprint density at radius 1 is 1.25 bits per heavy atom. The van der Waals surface area contributed by atoms with Gasteiger partial charge in [-0.05, 0) is 36.8 Å². The van der Waals surface area contributed by atoms with E-state index in [9.17, 15) is 9.59 Å². The maximum absolute atomic E-state index is 11.7. The van der Waals surface area contributed by atoms with Crippen molar-refractivity contribution in [3.8, 4) is 0 Å². The first kappa shape index (κ1) is 13.7. The number of amides is 2. The van der Waals surface area contributed by atoms with Crippen molar-refractivity contribution in [1.82, 2.24) is 4.98 Å². The lowest BCUT2D eigenvalue weighted by atomic mass is 10.1. The number of primary amides is 1. The van der Waals surface area contributed by atoms with E-state index in [4.69, 9.17) is 5.73 Å². The van der Waals surface area contributed by atoms with Crippen molar-refractivity contribution < 1.29 is 9.59 Å². The van der Waals surface area contributed by atoms with Gasteiger partial charge in [0.2, 0.25) is 6.29 Å². The van der Waals surface area contributed by atoms with Crippen LogP contribution in [-0.2, 0) is 11.2 Å². The average Bonchev–Trinajstić information content (AvgIpc) is 2.41. The minimum absolute atomic E-state index is 0.222. The maximum Gasteiger partial charge on any atom is 0.325 e. The van der Waals surface area contributed by atoms with Crippen molar-refractivity contribution in [2.24, 2.45) is 5.73 Å². The number of carbonyl (C=O) groups is 1. The lowest BCUT2D eigenvalue weighted by Gasteiger charge is -2.20. The lowest BCUT2D eigenvalue weighted by molar-refractivity contribution is 0.256. The number of nitrogens with two attached hydrogens (primary N) is 1. The number of urea groups is 1. The zero-order valence-electron chi connectivity index (χ0n) is 11.0. The number of rotatable bonds is 4. The van der Waals surface area contributed by atoms with Gasteiger partial charge in [0.15, 0.2) is 0 Å². The van der Waals surface area contributed by atoms with Gasteiger partial charge in [-0.1, -0.05) is 18.2 Å². The topological polar surface area (TPSA) is 76.3 Å². The highest BCUT2D eigenvalue weighted by Gasteiger charge is 2.16. The Bertz CT molecular complexity index is 623. The van der Waals surface area contributed by atoms with Gasteiger partial charge < -0.3 is 5.73 Å². The third-order valence-electron chi connectivity index (χ3n) is 2.79. The fourth-order valence-electron chi connectivity index (χ4n) is 1.87. The molecule has 0 atom stereocenters. The summed E-state index contributed by atoms with van der Waals surface area (Å²) in [5, 5.41) is 0. The predicted molar refractivity (Wildman–Crippen MR) is 76.5 cm³/mol. The first-order valence-electron chi connectivity index (χ1n) is 6.09. The normalized spacial score (nSPS) is 10.1. The molecule has 0 saturated carbocycles. The molecule has 2 aromatic rings. The van der Waals surface area contributed by atoms with Crippen LogP contribution in [0.1, 0.15) is 11.3 Å². The van der Waals surface area contributed by atoms with Gasteiger partial charge in [-0.2, -0.15) is 0 Å². The van der Waals surface area contributed by atoms with E-state index < -0.39 is 6.03 Å². The van der Waals surface area contributed by atoms with Crippen LogP contribution in [0.2, 0.25) is 0 Å². The average molecular weight is 268 g/mol. The van der Waals surface area contributed by atoms with Crippen molar-refractivity contribution >= 4 is 23.8 Å². The first-order valence-corrected chi connectivity index (χ1v) is 6.09. The fourth-order valence-corrected chi connectivity index (χ4v) is 1.87. The first-order chi connectivity index (χ1) is 9.61. The molecule has 0 aliphatic carbocycles. The monoisotopic (exact) mass is 268 g/mol. The summed E-state index contributed by atoms with van der Waals surface area (Å²) in [5.41, 5.74) is 7.65. The maximum atomic E-state index is 11.7. The van der Waals surface area contributed by atoms with Gasteiger partial charge in [0.05, 0.1) is 5.69 Å². The molecule has 1 heterocycles. The van der Waals surface area contributed by atoms with Crippen LogP contribution in [0.25, 0.3) is 0 Å². The van der Waals surface area contributed by atoms with Gasteiger partial charge in [-0.15, -0.1) is 0 Å². The zero-order chi connectivity index (χ0) is 14.5. The van der Waals surface area contributed by atoms with E-state index in [0.717, 1.165) is 11.3 Å². The molecule has 0 unspecified atom stereocenters. The molecular weight excluding hydrogens is 254 g/mol. The van der Waals surface area contributed by atoms with Gasteiger partial charge in [0, 0.05) is 12.1 Å². The van der Waals surface area contributed by atoms with Gasteiger partial charge in [-0.3, -0.25) is 4.79 Å². The number of anilines is 2. The highest BCUT2D eigenvalue weighted by Crippen LogP contribution is 2.24. The largest absolute Gasteiger partial charge is 0.351 e. The molecule has 101 valence electrons. The minimum atomic E-state index is -0.613. The quantitative estimate of drug-likeness (QED) is 0.924. The molecule has 1 radical (unpaired) electrons. The van der Waals surface area contributed by atoms with Crippen LogP contribution in [0.5, 0.6) is 0 Å². The number of carbonyl (C=O) groups excluding carboxylic acids is 2. The number of aromatic nitrogens is 1. The van der Waals surface area contributed by atoms with Crippen molar-refractivity contribution in [3.63, 3.8) is 0 Å². The summed E-state index contributed by atoms with van der Waals surface area (Å²) in [4.78, 5) is 27.6. The molecule has 1 aromatic heterocycles. The summed E-state index contributed by atoms with van der Waals surface area (Å²) >= 11 is 0. The van der Waals surface area contributed by atoms with Crippen molar-refractivity contribution in [1.29, 1.82) is 0 Å². The smallest absolute Gasteiger partial charge is 0.325 e. The molecule has 0 bridgehead atoms. The Labute approximate surface area is 117 Å². The van der Waals surface area contributed by atoms with E-state index in [1.54, 1.807) is 30.3 Å². The molecule has 0 fully saturated rings. The van der Waals surface area contributed by atoms with E-state index in [1.165, 1.54) is 4.90 Å². The van der Waals surface area contributed by atoms with Crippen LogP contribution in [0.3, 0.4) is 0 Å². The van der Waals surface area contributed by atoms with E-state index >= 15 is 0 Å². The molecule has 0 aliphatic rings. The molecule has 0 saturated heterocycles. The molecular formula is C15H14N3O2. The number of pyridine rings is 1. The molecule has 0 aliphatic heterocycles. The number of hydrogen-bond acceptors (Lipinski definition) is 3. The number of hydrogen-bond donors (Lipinski definition) is 1. The molecule has 1 aromatic carbocycles. The fraction of sp³-hybridized carbons (Fsp3) is 0.133. The number of nitrogens with zero attached hydrogens (tertiary/aromatic N) is 2. The van der Waals surface area contributed by atoms with Crippen LogP contribution >= 0.6 is 0 Å². The standard InChI is InChI=1S/C15H14N3O2/c1-11-3-2-4-14(17-11)18(15(16)20)13-7-5-12(6-8-13)9-10-19/h2-8H,9H2,1H3,(H2,16,20). The Balaban J connectivity index is 2.38. The molecule has 2 N–H and O–H groups in total. The van der Waals surface area contributed by atoms with Crippen molar-refractivity contribution in [2.75, 3.05) is 4.90 Å². The second-order valence-electron chi connectivity index (χ2n) is 4.30. The highest BCUT2D eigenvalue weighted by molar-refractivity contribution is 5.97. The third-order valence-corrected chi connectivity index (χ3v) is 2.79. The van der Waals surface area contributed by atoms with Crippen molar-refractivity contribution in [3.05, 3.63) is 53.7 Å².